The van der Waals surface area contributed by atoms with E-state index in [4.69, 9.17) is 25.8 Å². The number of halogens is 1. The normalized spacial score (nSPS) is 33.5. The summed E-state index contributed by atoms with van der Waals surface area (Å²) in [6.45, 7) is 4.29. The van der Waals surface area contributed by atoms with Crippen LogP contribution < -0.4 is 14.4 Å². The molecule has 2 aliphatic carbocycles. The average Bonchev–Trinajstić information content (AvgIpc) is 3.21. The molecule has 7 atom stereocenters. The van der Waals surface area contributed by atoms with Gasteiger partial charge in [-0.1, -0.05) is 29.8 Å². The van der Waals surface area contributed by atoms with E-state index in [0.29, 0.717) is 49.1 Å². The number of aryl methyl sites for hydroxylation is 1. The van der Waals surface area contributed by atoms with Crippen LogP contribution in [0.25, 0.3) is 0 Å². The van der Waals surface area contributed by atoms with Crippen LogP contribution in [0.2, 0.25) is 5.02 Å². The summed E-state index contributed by atoms with van der Waals surface area (Å²) in [4.78, 5) is 31.1. The maximum absolute atomic E-state index is 14.3. The number of likely N-dealkylation sites (tertiary alicyclic amines) is 1. The second-order valence-electron chi connectivity index (χ2n) is 14.4. The molecule has 7 rings (SSSR count). The van der Waals surface area contributed by atoms with Crippen LogP contribution in [0.1, 0.15) is 66.9 Å². The molecule has 2 bridgehead atoms. The van der Waals surface area contributed by atoms with E-state index in [1.807, 2.05) is 25.1 Å². The predicted molar refractivity (Wildman–Crippen MR) is 191 cm³/mol. The molecule has 1 saturated carbocycles. The Kier molecular flexibility index (Phi) is 9.73. The first-order valence-electron chi connectivity index (χ1n) is 17.5. The summed E-state index contributed by atoms with van der Waals surface area (Å²) in [6.07, 6.45) is 10.3. The fourth-order valence-corrected chi connectivity index (χ4v) is 10.2. The van der Waals surface area contributed by atoms with Gasteiger partial charge >= 0.3 is 6.03 Å². The topological polar surface area (TPSA) is 110 Å². The zero-order valence-corrected chi connectivity index (χ0v) is 30.1. The first-order chi connectivity index (χ1) is 23.6. The van der Waals surface area contributed by atoms with Crippen LogP contribution in [0.5, 0.6) is 5.75 Å². The number of allylic oxidation sites excluding steroid dienone is 1. The van der Waals surface area contributed by atoms with Crippen molar-refractivity contribution in [3.8, 4) is 5.75 Å². The van der Waals surface area contributed by atoms with Crippen LogP contribution in [-0.4, -0.2) is 85.5 Å². The number of urea groups is 1. The zero-order valence-electron chi connectivity index (χ0n) is 28.6. The van der Waals surface area contributed by atoms with Gasteiger partial charge in [0.05, 0.1) is 42.8 Å². The lowest BCUT2D eigenvalue weighted by atomic mass is 9.68. The summed E-state index contributed by atoms with van der Waals surface area (Å²) in [6, 6.07) is 10.9. The number of ether oxygens (including phenoxy) is 3. The molecule has 1 unspecified atom stereocenters. The minimum absolute atomic E-state index is 0.0378. The van der Waals surface area contributed by atoms with E-state index in [9.17, 15) is 13.8 Å². The Morgan fingerprint density at radius 2 is 1.98 bits per heavy atom. The fraction of sp³-hybridized carbons (Fsp3) is 0.568. The number of carbonyl (C=O) groups excluding carboxylic acids is 2. The van der Waals surface area contributed by atoms with Gasteiger partial charge in [0, 0.05) is 43.3 Å². The van der Waals surface area contributed by atoms with Crippen molar-refractivity contribution in [1.82, 2.24) is 9.62 Å². The minimum atomic E-state index is -3.44. The monoisotopic (exact) mass is 710 g/mol. The fourth-order valence-electron chi connectivity index (χ4n) is 8.42. The van der Waals surface area contributed by atoms with Crippen molar-refractivity contribution in [2.45, 2.75) is 75.5 Å². The van der Waals surface area contributed by atoms with Crippen LogP contribution in [0.4, 0.5) is 10.5 Å². The van der Waals surface area contributed by atoms with E-state index in [-0.39, 0.29) is 29.4 Å². The number of carbonyl (C=O) groups is 2. The van der Waals surface area contributed by atoms with Crippen LogP contribution in [-0.2, 0) is 31.2 Å². The molecule has 3 heterocycles. The molecule has 264 valence electrons. The molecule has 5 aliphatic rings. The van der Waals surface area contributed by atoms with Crippen LogP contribution >= 0.6 is 11.6 Å². The molecule has 2 fully saturated rings. The lowest BCUT2D eigenvalue weighted by Crippen LogP contribution is -2.64. The third kappa shape index (κ3) is 6.71. The van der Waals surface area contributed by atoms with Gasteiger partial charge < -0.3 is 24.0 Å². The Bertz CT molecular complexity index is 1760. The quantitative estimate of drug-likeness (QED) is 0.381. The van der Waals surface area contributed by atoms with E-state index in [2.05, 4.69) is 38.3 Å². The van der Waals surface area contributed by atoms with E-state index in [1.54, 1.807) is 25.2 Å². The number of hydrogen-bond donors (Lipinski definition) is 1. The van der Waals surface area contributed by atoms with Gasteiger partial charge in [0.15, 0.2) is 0 Å². The number of hydrogen-bond acceptors (Lipinski definition) is 7. The highest BCUT2D eigenvalue weighted by Gasteiger charge is 2.45. The molecule has 3 amide bonds. The standard InChI is InChI=1S/C37H47ClN4O6S/c1-24-34(47-3)21-42(24)36(44)40-49(45)17-6-4-5-9-32(46-2)29-13-10-27(29)20-41-22-37(16-7-8-25-18-28(38)12-14-30(25)37)23-48-33-15-11-26(19-31(33)41)35(43)39-49/h5,9,11-12,14-15,18-19,24,27,29,32,34H,4,6-8,10,13,16-17,20-23H2,1-3H3,(H,39,40,43,44,45)/b9-5+/t24-,27-,29+,32-,34+,37-,49?/m0/s1. The van der Waals surface area contributed by atoms with Crippen LogP contribution in [0.15, 0.2) is 52.9 Å². The Morgan fingerprint density at radius 1 is 1.12 bits per heavy atom. The molecule has 10 nitrogen and oxygen atoms in total. The third-order valence-electron chi connectivity index (χ3n) is 11.5. The summed E-state index contributed by atoms with van der Waals surface area (Å²) < 4.78 is 39.2. The van der Waals surface area contributed by atoms with Gasteiger partial charge in [0.25, 0.3) is 5.91 Å². The molecule has 49 heavy (non-hydrogen) atoms. The number of amides is 3. The molecule has 2 aromatic rings. The Morgan fingerprint density at radius 3 is 2.73 bits per heavy atom. The summed E-state index contributed by atoms with van der Waals surface area (Å²) in [5.74, 6) is 0.884. The molecular formula is C37H47ClN4O6S. The number of nitrogens with zero attached hydrogens (tertiary/aromatic N) is 3. The first-order valence-corrected chi connectivity index (χ1v) is 19.6. The number of anilines is 1. The largest absolute Gasteiger partial charge is 0.490 e. The van der Waals surface area contributed by atoms with Crippen molar-refractivity contribution in [1.29, 1.82) is 0 Å². The highest BCUT2D eigenvalue weighted by molar-refractivity contribution is 7.92. The minimum Gasteiger partial charge on any atom is -0.490 e. The van der Waals surface area contributed by atoms with Gasteiger partial charge in [-0.15, -0.1) is 4.36 Å². The second-order valence-corrected chi connectivity index (χ2v) is 16.9. The zero-order chi connectivity index (χ0) is 34.3. The molecule has 3 aliphatic heterocycles. The molecule has 2 aromatic carbocycles. The Balaban J connectivity index is 1.26. The number of benzene rings is 2. The third-order valence-corrected chi connectivity index (χ3v) is 13.5. The lowest BCUT2D eigenvalue weighted by Gasteiger charge is -2.46. The van der Waals surface area contributed by atoms with Crippen molar-refractivity contribution in [2.24, 2.45) is 16.2 Å². The van der Waals surface area contributed by atoms with Crippen molar-refractivity contribution >= 4 is 39.1 Å². The molecule has 1 spiro atoms. The van der Waals surface area contributed by atoms with E-state index in [0.717, 1.165) is 55.9 Å². The highest BCUT2D eigenvalue weighted by Crippen LogP contribution is 2.47. The molecule has 12 heteroatoms. The number of rotatable bonds is 3. The maximum atomic E-state index is 14.3. The van der Waals surface area contributed by atoms with Crippen LogP contribution in [0, 0.1) is 11.8 Å². The van der Waals surface area contributed by atoms with Crippen molar-refractivity contribution < 1.29 is 28.0 Å². The van der Waals surface area contributed by atoms with Crippen molar-refractivity contribution in [3.05, 3.63) is 70.3 Å². The van der Waals surface area contributed by atoms with E-state index >= 15 is 0 Å². The SMILES string of the molecule is CO[C@H]1/C=C/CCCS(=O)(NC(=O)N2C[C@@H](OC)[C@@H]2C)=NC(=O)c2ccc3c(c2)N(C[C@@H]2CC[C@H]21)C[C@@]1(CCCc2cc(Cl)ccc21)CO3. The average molecular weight is 711 g/mol. The number of methoxy groups -OCH3 is 2. The smallest absolute Gasteiger partial charge is 0.330 e. The van der Waals surface area contributed by atoms with Gasteiger partial charge in [-0.2, -0.15) is 0 Å². The highest BCUT2D eigenvalue weighted by atomic mass is 35.5. The summed E-state index contributed by atoms with van der Waals surface area (Å²) >= 11 is 6.45. The predicted octanol–water partition coefficient (Wildman–Crippen LogP) is 6.16. The van der Waals surface area contributed by atoms with E-state index < -0.39 is 21.9 Å². The Hall–Kier alpha value is -3.12. The second kappa shape index (κ2) is 13.9. The van der Waals surface area contributed by atoms with Gasteiger partial charge in [-0.3, -0.25) is 9.52 Å². The molecule has 1 saturated heterocycles. The lowest BCUT2D eigenvalue weighted by molar-refractivity contribution is -0.0508. The number of nitrogens with one attached hydrogen (secondary N) is 1. The maximum Gasteiger partial charge on any atom is 0.330 e. The summed E-state index contributed by atoms with van der Waals surface area (Å²) in [5.41, 5.74) is 3.44. The van der Waals surface area contributed by atoms with Gasteiger partial charge in [0.1, 0.15) is 15.7 Å². The van der Waals surface area contributed by atoms with Crippen molar-refractivity contribution in [3.63, 3.8) is 0 Å². The van der Waals surface area contributed by atoms with Gasteiger partial charge in [-0.25, -0.2) is 9.00 Å². The van der Waals surface area contributed by atoms with Crippen molar-refractivity contribution in [2.75, 3.05) is 51.1 Å². The van der Waals surface area contributed by atoms with Crippen LogP contribution in [0.3, 0.4) is 0 Å². The Labute approximate surface area is 294 Å². The first kappa shape index (κ1) is 34.3. The van der Waals surface area contributed by atoms with Gasteiger partial charge in [-0.05, 0) is 105 Å². The molecule has 0 radical (unpaired) electrons. The summed E-state index contributed by atoms with van der Waals surface area (Å²) in [5, 5.41) is 0.743. The molecule has 0 aromatic heterocycles. The van der Waals surface area contributed by atoms with E-state index in [1.165, 1.54) is 11.1 Å². The number of fused-ring (bicyclic) bond motifs is 4. The summed E-state index contributed by atoms with van der Waals surface area (Å²) in [7, 11) is -0.0674. The van der Waals surface area contributed by atoms with Gasteiger partial charge in [0.2, 0.25) is 0 Å². The molecule has 1 N–H and O–H groups in total. The molecular weight excluding hydrogens is 664 g/mol.